The summed E-state index contributed by atoms with van der Waals surface area (Å²) < 4.78 is 0. The minimum absolute atomic E-state index is 0.493. The number of benzene rings is 1. The number of nitrogens with one attached hydrogen (secondary N) is 1. The third-order valence-corrected chi connectivity index (χ3v) is 4.34. The van der Waals surface area contributed by atoms with Gasteiger partial charge in [-0.15, -0.1) is 0 Å². The Balaban J connectivity index is 1.81. The summed E-state index contributed by atoms with van der Waals surface area (Å²) in [5, 5.41) is 3.77. The molecule has 1 saturated carbocycles. The van der Waals surface area contributed by atoms with Crippen molar-refractivity contribution in [2.45, 2.75) is 71.4 Å². The highest BCUT2D eigenvalue weighted by Crippen LogP contribution is 2.36. The smallest absolute Gasteiger partial charge is 0.0294 e. The van der Waals surface area contributed by atoms with Crippen molar-refractivity contribution >= 4 is 0 Å². The summed E-state index contributed by atoms with van der Waals surface area (Å²) in [7, 11) is 0. The van der Waals surface area contributed by atoms with Crippen LogP contribution in [0.3, 0.4) is 0 Å². The highest BCUT2D eigenvalue weighted by molar-refractivity contribution is 5.25. The van der Waals surface area contributed by atoms with Gasteiger partial charge >= 0.3 is 0 Å². The molecule has 3 unspecified atom stereocenters. The minimum atomic E-state index is 0.493. The molecule has 0 aliphatic heterocycles. The van der Waals surface area contributed by atoms with Gasteiger partial charge in [0.15, 0.2) is 0 Å². The molecule has 0 heterocycles. The first-order valence-corrected chi connectivity index (χ1v) is 8.09. The molecule has 2 rings (SSSR count). The SMILES string of the molecule is CCCCc1ccc(C(C)NC2CC2CCC)cc1. The maximum absolute atomic E-state index is 3.77. The van der Waals surface area contributed by atoms with Crippen LogP contribution in [0, 0.1) is 5.92 Å². The largest absolute Gasteiger partial charge is 0.307 e. The summed E-state index contributed by atoms with van der Waals surface area (Å²) in [6, 6.07) is 10.5. The molecule has 1 aromatic rings. The Hall–Kier alpha value is -0.820. The second-order valence-electron chi connectivity index (χ2n) is 6.12. The van der Waals surface area contributed by atoms with Gasteiger partial charge in [-0.3, -0.25) is 0 Å². The molecule has 19 heavy (non-hydrogen) atoms. The topological polar surface area (TPSA) is 12.0 Å². The monoisotopic (exact) mass is 259 g/mol. The summed E-state index contributed by atoms with van der Waals surface area (Å²) in [5.41, 5.74) is 2.91. The van der Waals surface area contributed by atoms with Gasteiger partial charge in [0.1, 0.15) is 0 Å². The quantitative estimate of drug-likeness (QED) is 0.702. The van der Waals surface area contributed by atoms with Crippen LogP contribution in [0.15, 0.2) is 24.3 Å². The molecule has 0 saturated heterocycles. The van der Waals surface area contributed by atoms with Crippen LogP contribution in [0.2, 0.25) is 0 Å². The van der Waals surface area contributed by atoms with E-state index in [9.17, 15) is 0 Å². The number of hydrogen-bond acceptors (Lipinski definition) is 1. The number of unbranched alkanes of at least 4 members (excludes halogenated alkanes) is 1. The van der Waals surface area contributed by atoms with E-state index in [4.69, 9.17) is 0 Å². The summed E-state index contributed by atoms with van der Waals surface area (Å²) in [5.74, 6) is 0.941. The lowest BCUT2D eigenvalue weighted by Gasteiger charge is -2.15. The molecule has 1 fully saturated rings. The Labute approximate surface area is 118 Å². The molecular weight excluding hydrogens is 230 g/mol. The second-order valence-corrected chi connectivity index (χ2v) is 6.12. The Morgan fingerprint density at radius 1 is 1.16 bits per heavy atom. The highest BCUT2D eigenvalue weighted by Gasteiger charge is 2.36. The fraction of sp³-hybridized carbons (Fsp3) is 0.667. The third kappa shape index (κ3) is 4.35. The normalized spacial score (nSPS) is 23.3. The summed E-state index contributed by atoms with van der Waals surface area (Å²) >= 11 is 0. The van der Waals surface area contributed by atoms with E-state index in [1.54, 1.807) is 0 Å². The molecule has 3 atom stereocenters. The van der Waals surface area contributed by atoms with Crippen molar-refractivity contribution in [2.75, 3.05) is 0 Å². The molecule has 1 N–H and O–H groups in total. The number of hydrogen-bond donors (Lipinski definition) is 1. The Bertz CT molecular complexity index is 368. The van der Waals surface area contributed by atoms with E-state index < -0.39 is 0 Å². The van der Waals surface area contributed by atoms with Crippen molar-refractivity contribution in [3.63, 3.8) is 0 Å². The molecule has 0 aromatic heterocycles. The minimum Gasteiger partial charge on any atom is -0.307 e. The fourth-order valence-electron chi connectivity index (χ4n) is 2.91. The van der Waals surface area contributed by atoms with Crippen molar-refractivity contribution in [3.05, 3.63) is 35.4 Å². The van der Waals surface area contributed by atoms with Gasteiger partial charge < -0.3 is 5.32 Å². The molecule has 1 aliphatic rings. The lowest BCUT2D eigenvalue weighted by molar-refractivity contribution is 0.530. The zero-order valence-corrected chi connectivity index (χ0v) is 12.8. The lowest BCUT2D eigenvalue weighted by Crippen LogP contribution is -2.22. The van der Waals surface area contributed by atoms with E-state index >= 15 is 0 Å². The average molecular weight is 259 g/mol. The fourth-order valence-corrected chi connectivity index (χ4v) is 2.91. The van der Waals surface area contributed by atoms with Crippen LogP contribution >= 0.6 is 0 Å². The van der Waals surface area contributed by atoms with Gasteiger partial charge in [0, 0.05) is 12.1 Å². The van der Waals surface area contributed by atoms with Crippen molar-refractivity contribution in [2.24, 2.45) is 5.92 Å². The third-order valence-electron chi connectivity index (χ3n) is 4.34. The van der Waals surface area contributed by atoms with Crippen molar-refractivity contribution < 1.29 is 0 Å². The first-order chi connectivity index (χ1) is 9.24. The summed E-state index contributed by atoms with van der Waals surface area (Å²) in [6.45, 7) is 6.83. The van der Waals surface area contributed by atoms with Gasteiger partial charge in [0.05, 0.1) is 0 Å². The van der Waals surface area contributed by atoms with E-state index in [1.165, 1.54) is 49.7 Å². The zero-order valence-electron chi connectivity index (χ0n) is 12.8. The van der Waals surface area contributed by atoms with Crippen molar-refractivity contribution in [1.82, 2.24) is 5.32 Å². The molecule has 1 heteroatoms. The number of rotatable bonds is 8. The van der Waals surface area contributed by atoms with E-state index in [-0.39, 0.29) is 0 Å². The lowest BCUT2D eigenvalue weighted by atomic mass is 10.0. The average Bonchev–Trinajstić information content (AvgIpc) is 3.15. The molecule has 1 nitrogen and oxygen atoms in total. The van der Waals surface area contributed by atoms with Crippen LogP contribution in [0.1, 0.15) is 70.0 Å². The predicted molar refractivity (Wildman–Crippen MR) is 83.4 cm³/mol. The molecule has 0 spiro atoms. The highest BCUT2D eigenvalue weighted by atomic mass is 15.0. The maximum Gasteiger partial charge on any atom is 0.0294 e. The molecule has 0 bridgehead atoms. The van der Waals surface area contributed by atoms with Crippen LogP contribution in [0.5, 0.6) is 0 Å². The standard InChI is InChI=1S/C18H29N/c1-4-6-8-15-9-11-16(12-10-15)14(3)19-18-13-17(18)7-5-2/h9-12,14,17-19H,4-8,13H2,1-3H3. The van der Waals surface area contributed by atoms with Gasteiger partial charge in [-0.2, -0.15) is 0 Å². The Morgan fingerprint density at radius 3 is 2.53 bits per heavy atom. The van der Waals surface area contributed by atoms with E-state index in [2.05, 4.69) is 50.4 Å². The van der Waals surface area contributed by atoms with Gasteiger partial charge in [-0.05, 0) is 49.7 Å². The van der Waals surface area contributed by atoms with Crippen LogP contribution in [0.4, 0.5) is 0 Å². The Kier molecular flexibility index (Phi) is 5.45. The predicted octanol–water partition coefficient (Wildman–Crippen LogP) is 4.87. The van der Waals surface area contributed by atoms with E-state index in [0.29, 0.717) is 6.04 Å². The van der Waals surface area contributed by atoms with E-state index in [0.717, 1.165) is 12.0 Å². The molecule has 1 aliphatic carbocycles. The molecule has 106 valence electrons. The van der Waals surface area contributed by atoms with Gasteiger partial charge in [-0.25, -0.2) is 0 Å². The molecular formula is C18H29N. The van der Waals surface area contributed by atoms with Gasteiger partial charge in [0.2, 0.25) is 0 Å². The summed E-state index contributed by atoms with van der Waals surface area (Å²) in [6.07, 6.45) is 7.89. The Morgan fingerprint density at radius 2 is 1.89 bits per heavy atom. The van der Waals surface area contributed by atoms with Crippen LogP contribution < -0.4 is 5.32 Å². The first kappa shape index (κ1) is 14.6. The molecule has 0 amide bonds. The molecule has 1 aromatic carbocycles. The van der Waals surface area contributed by atoms with Crippen LogP contribution in [0.25, 0.3) is 0 Å². The summed E-state index contributed by atoms with van der Waals surface area (Å²) in [4.78, 5) is 0. The maximum atomic E-state index is 3.77. The van der Waals surface area contributed by atoms with Crippen LogP contribution in [-0.2, 0) is 6.42 Å². The first-order valence-electron chi connectivity index (χ1n) is 8.09. The van der Waals surface area contributed by atoms with Crippen molar-refractivity contribution in [3.8, 4) is 0 Å². The number of aryl methyl sites for hydroxylation is 1. The zero-order chi connectivity index (χ0) is 13.7. The second kappa shape index (κ2) is 7.09. The van der Waals surface area contributed by atoms with Gasteiger partial charge in [-0.1, -0.05) is 51.0 Å². The van der Waals surface area contributed by atoms with Crippen LogP contribution in [-0.4, -0.2) is 6.04 Å². The van der Waals surface area contributed by atoms with E-state index in [1.807, 2.05) is 0 Å². The molecule has 0 radical (unpaired) electrons. The van der Waals surface area contributed by atoms with Crippen molar-refractivity contribution in [1.29, 1.82) is 0 Å². The van der Waals surface area contributed by atoms with Gasteiger partial charge in [0.25, 0.3) is 0 Å².